The van der Waals surface area contributed by atoms with Gasteiger partial charge in [-0.3, -0.25) is 9.20 Å². The number of thioether (sulfide) groups is 1. The molecule has 0 bridgehead atoms. The fourth-order valence-electron chi connectivity index (χ4n) is 3.04. The van der Waals surface area contributed by atoms with Crippen molar-refractivity contribution >= 4 is 28.1 Å². The average Bonchev–Trinajstić information content (AvgIpc) is 3.34. The van der Waals surface area contributed by atoms with Crippen molar-refractivity contribution in [2.45, 2.75) is 44.3 Å². The van der Waals surface area contributed by atoms with Crippen molar-refractivity contribution in [2.75, 3.05) is 0 Å². The number of hydrogen-bond donors (Lipinski definition) is 0. The second-order valence-electron chi connectivity index (χ2n) is 6.54. The summed E-state index contributed by atoms with van der Waals surface area (Å²) < 4.78 is 9.71. The van der Waals surface area contributed by atoms with Crippen LogP contribution in [0.4, 0.5) is 0 Å². The third-order valence-corrected chi connectivity index (χ3v) is 6.28. The van der Waals surface area contributed by atoms with E-state index >= 15 is 0 Å². The van der Waals surface area contributed by atoms with E-state index in [0.29, 0.717) is 10.7 Å². The Morgan fingerprint density at radius 2 is 2.10 bits per heavy atom. The molecular weight excluding hydrogens is 406 g/mol. The SMILES string of the molecule is CCn1c(SCc2cc(=O)n3ccsc3n2)nnc1C(C)Oc1ccccc1C. The Morgan fingerprint density at radius 3 is 2.90 bits per heavy atom. The number of benzene rings is 1. The summed E-state index contributed by atoms with van der Waals surface area (Å²) in [5.74, 6) is 2.17. The summed E-state index contributed by atoms with van der Waals surface area (Å²) in [6, 6.07) is 9.50. The summed E-state index contributed by atoms with van der Waals surface area (Å²) in [6.45, 7) is 6.78. The number of aryl methyl sites for hydroxylation is 1. The quantitative estimate of drug-likeness (QED) is 0.413. The van der Waals surface area contributed by atoms with Crippen LogP contribution in [0, 0.1) is 6.92 Å². The Labute approximate surface area is 176 Å². The first-order chi connectivity index (χ1) is 14.1. The summed E-state index contributed by atoms with van der Waals surface area (Å²) >= 11 is 2.97. The first-order valence-corrected chi connectivity index (χ1v) is 11.2. The smallest absolute Gasteiger partial charge is 0.258 e. The zero-order valence-corrected chi connectivity index (χ0v) is 18.0. The van der Waals surface area contributed by atoms with Crippen LogP contribution in [0.25, 0.3) is 4.96 Å². The maximum atomic E-state index is 12.2. The minimum absolute atomic E-state index is 0.0650. The van der Waals surface area contributed by atoms with Crippen LogP contribution >= 0.6 is 23.1 Å². The van der Waals surface area contributed by atoms with Crippen LogP contribution < -0.4 is 10.3 Å². The molecule has 0 radical (unpaired) electrons. The first kappa shape index (κ1) is 19.7. The molecule has 0 spiro atoms. The van der Waals surface area contributed by atoms with E-state index in [4.69, 9.17) is 4.74 Å². The van der Waals surface area contributed by atoms with Gasteiger partial charge in [0.15, 0.2) is 22.0 Å². The van der Waals surface area contributed by atoms with Gasteiger partial charge in [0, 0.05) is 29.9 Å². The van der Waals surface area contributed by atoms with Gasteiger partial charge in [-0.25, -0.2) is 4.98 Å². The molecule has 0 N–H and O–H groups in total. The van der Waals surface area contributed by atoms with E-state index in [1.807, 2.05) is 48.1 Å². The molecule has 7 nitrogen and oxygen atoms in total. The molecule has 29 heavy (non-hydrogen) atoms. The molecule has 1 atom stereocenters. The van der Waals surface area contributed by atoms with Crippen LogP contribution in [0.5, 0.6) is 5.75 Å². The van der Waals surface area contributed by atoms with Crippen molar-refractivity contribution < 1.29 is 4.74 Å². The number of fused-ring (bicyclic) bond motifs is 1. The molecule has 9 heteroatoms. The predicted molar refractivity (Wildman–Crippen MR) is 115 cm³/mol. The Hall–Kier alpha value is -2.65. The number of hydrogen-bond acceptors (Lipinski definition) is 7. The van der Waals surface area contributed by atoms with Gasteiger partial charge in [0.25, 0.3) is 5.56 Å². The lowest BCUT2D eigenvalue weighted by Crippen LogP contribution is -2.13. The van der Waals surface area contributed by atoms with Gasteiger partial charge in [0.05, 0.1) is 5.69 Å². The highest BCUT2D eigenvalue weighted by Gasteiger charge is 2.19. The van der Waals surface area contributed by atoms with E-state index in [1.54, 1.807) is 16.7 Å². The normalized spacial score (nSPS) is 12.4. The second kappa shape index (κ2) is 8.38. The van der Waals surface area contributed by atoms with E-state index < -0.39 is 0 Å². The largest absolute Gasteiger partial charge is 0.482 e. The molecule has 0 amide bonds. The van der Waals surface area contributed by atoms with Crippen LogP contribution in [-0.2, 0) is 12.3 Å². The summed E-state index contributed by atoms with van der Waals surface area (Å²) in [4.78, 5) is 17.4. The fourth-order valence-corrected chi connectivity index (χ4v) is 4.68. The molecule has 1 aromatic carbocycles. The predicted octanol–water partition coefficient (Wildman–Crippen LogP) is 4.11. The van der Waals surface area contributed by atoms with Crippen molar-refractivity contribution in [1.29, 1.82) is 0 Å². The topological polar surface area (TPSA) is 74.3 Å². The Kier molecular flexibility index (Phi) is 5.68. The standard InChI is InChI=1S/C20H21N5O2S2/c1-4-24-18(14(3)27-16-8-6-5-7-13(16)2)22-23-20(24)29-12-15-11-17(26)25-9-10-28-19(25)21-15/h5-11,14H,4,12H2,1-3H3. The fraction of sp³-hybridized carbons (Fsp3) is 0.300. The zero-order chi connectivity index (χ0) is 20.4. The zero-order valence-electron chi connectivity index (χ0n) is 16.4. The van der Waals surface area contributed by atoms with Crippen LogP contribution in [-0.4, -0.2) is 24.1 Å². The molecule has 4 rings (SSSR count). The van der Waals surface area contributed by atoms with E-state index in [-0.39, 0.29) is 11.7 Å². The maximum Gasteiger partial charge on any atom is 0.258 e. The lowest BCUT2D eigenvalue weighted by Gasteiger charge is -2.16. The summed E-state index contributed by atoms with van der Waals surface area (Å²) in [5.41, 5.74) is 1.75. The van der Waals surface area contributed by atoms with Crippen LogP contribution in [0.15, 0.2) is 51.9 Å². The Morgan fingerprint density at radius 1 is 1.28 bits per heavy atom. The van der Waals surface area contributed by atoms with Crippen LogP contribution in [0.3, 0.4) is 0 Å². The second-order valence-corrected chi connectivity index (χ2v) is 8.36. The monoisotopic (exact) mass is 427 g/mol. The lowest BCUT2D eigenvalue weighted by molar-refractivity contribution is 0.208. The first-order valence-electron chi connectivity index (χ1n) is 9.30. The van der Waals surface area contributed by atoms with Crippen molar-refractivity contribution in [3.8, 4) is 5.75 Å². The van der Waals surface area contributed by atoms with E-state index in [1.165, 1.54) is 23.1 Å². The van der Waals surface area contributed by atoms with Crippen molar-refractivity contribution in [3.63, 3.8) is 0 Å². The highest BCUT2D eigenvalue weighted by Crippen LogP contribution is 2.27. The van der Waals surface area contributed by atoms with E-state index in [2.05, 4.69) is 22.1 Å². The third kappa shape index (κ3) is 4.06. The third-order valence-electron chi connectivity index (χ3n) is 4.53. The van der Waals surface area contributed by atoms with Gasteiger partial charge in [-0.15, -0.1) is 21.5 Å². The Bertz CT molecular complexity index is 1200. The van der Waals surface area contributed by atoms with Gasteiger partial charge < -0.3 is 9.30 Å². The number of aromatic nitrogens is 5. The minimum Gasteiger partial charge on any atom is -0.482 e. The van der Waals surface area contributed by atoms with Gasteiger partial charge in [-0.1, -0.05) is 30.0 Å². The van der Waals surface area contributed by atoms with Gasteiger partial charge in [0.1, 0.15) is 5.75 Å². The number of thiazole rings is 1. The molecule has 0 saturated heterocycles. The molecule has 0 aliphatic carbocycles. The number of ether oxygens (including phenoxy) is 1. The number of rotatable bonds is 7. The molecule has 0 fully saturated rings. The van der Waals surface area contributed by atoms with Crippen LogP contribution in [0.1, 0.15) is 37.0 Å². The molecule has 0 saturated carbocycles. The molecule has 150 valence electrons. The molecule has 0 aliphatic heterocycles. The van der Waals surface area contributed by atoms with Gasteiger partial charge in [0.2, 0.25) is 0 Å². The van der Waals surface area contributed by atoms with Gasteiger partial charge in [-0.2, -0.15) is 0 Å². The maximum absolute atomic E-state index is 12.2. The molecule has 4 aromatic rings. The minimum atomic E-state index is -0.233. The highest BCUT2D eigenvalue weighted by molar-refractivity contribution is 7.98. The summed E-state index contributed by atoms with van der Waals surface area (Å²) in [7, 11) is 0. The highest BCUT2D eigenvalue weighted by atomic mass is 32.2. The number of para-hydroxylation sites is 1. The van der Waals surface area contributed by atoms with Crippen molar-refractivity contribution in [1.82, 2.24) is 24.1 Å². The molecular formula is C20H21N5O2S2. The molecule has 3 heterocycles. The van der Waals surface area contributed by atoms with Crippen molar-refractivity contribution in [3.05, 3.63) is 69.3 Å². The summed E-state index contributed by atoms with van der Waals surface area (Å²) in [6.07, 6.45) is 1.50. The molecule has 0 aliphatic rings. The average molecular weight is 428 g/mol. The number of nitrogens with zero attached hydrogens (tertiary/aromatic N) is 5. The lowest BCUT2D eigenvalue weighted by atomic mass is 10.2. The van der Waals surface area contributed by atoms with Gasteiger partial charge in [-0.05, 0) is 32.4 Å². The summed E-state index contributed by atoms with van der Waals surface area (Å²) in [5, 5.41) is 11.4. The van der Waals surface area contributed by atoms with Crippen LogP contribution in [0.2, 0.25) is 0 Å². The Balaban J connectivity index is 1.52. The van der Waals surface area contributed by atoms with E-state index in [9.17, 15) is 4.79 Å². The van der Waals surface area contributed by atoms with Crippen molar-refractivity contribution in [2.24, 2.45) is 0 Å². The van der Waals surface area contributed by atoms with E-state index in [0.717, 1.165) is 34.5 Å². The molecule has 3 aromatic heterocycles. The molecule has 1 unspecified atom stereocenters. The van der Waals surface area contributed by atoms with Gasteiger partial charge >= 0.3 is 0 Å².